The molecular weight excluding hydrogens is 248 g/mol. The largest absolute Gasteiger partial charge is 0.468 e. The fraction of sp³-hybridized carbons (Fsp3) is 0.412. The van der Waals surface area contributed by atoms with Crippen molar-refractivity contribution in [3.63, 3.8) is 0 Å². The Balaban J connectivity index is 1.67. The van der Waals surface area contributed by atoms with Gasteiger partial charge in [-0.05, 0) is 37.1 Å². The lowest BCUT2D eigenvalue weighted by molar-refractivity contribution is 0.276. The summed E-state index contributed by atoms with van der Waals surface area (Å²) in [7, 11) is 1.95. The maximum atomic E-state index is 5.55. The molecule has 0 atom stereocenters. The number of hydrogen-bond acceptors (Lipinski definition) is 3. The topological polar surface area (TPSA) is 28.4 Å². The molecule has 0 saturated carbocycles. The summed E-state index contributed by atoms with van der Waals surface area (Å²) in [4.78, 5) is 2.53. The molecule has 1 aliphatic rings. The number of benzene rings is 1. The molecule has 2 heterocycles. The van der Waals surface area contributed by atoms with E-state index in [0.717, 1.165) is 44.8 Å². The van der Waals surface area contributed by atoms with E-state index in [-0.39, 0.29) is 0 Å². The molecular formula is C17H22N2O. The van der Waals surface area contributed by atoms with Gasteiger partial charge in [0.15, 0.2) is 0 Å². The van der Waals surface area contributed by atoms with E-state index in [1.807, 2.05) is 7.05 Å². The first-order chi connectivity index (χ1) is 9.86. The van der Waals surface area contributed by atoms with Crippen molar-refractivity contribution in [1.82, 2.24) is 10.2 Å². The van der Waals surface area contributed by atoms with E-state index < -0.39 is 0 Å². The molecule has 3 heteroatoms. The summed E-state index contributed by atoms with van der Waals surface area (Å²) in [6.07, 6.45) is 4.10. The van der Waals surface area contributed by atoms with Crippen LogP contribution < -0.4 is 5.32 Å². The maximum Gasteiger partial charge on any atom is 0.122 e. The Hall–Kier alpha value is -1.58. The second kappa shape index (κ2) is 6.25. The van der Waals surface area contributed by atoms with Gasteiger partial charge in [-0.25, -0.2) is 0 Å². The zero-order valence-electron chi connectivity index (χ0n) is 12.1. The van der Waals surface area contributed by atoms with Crippen LogP contribution in [-0.2, 0) is 25.9 Å². The maximum absolute atomic E-state index is 5.55. The summed E-state index contributed by atoms with van der Waals surface area (Å²) >= 11 is 0. The van der Waals surface area contributed by atoms with Crippen LogP contribution in [0.3, 0.4) is 0 Å². The third-order valence-electron chi connectivity index (χ3n) is 4.08. The first-order valence-electron chi connectivity index (χ1n) is 7.36. The predicted molar refractivity (Wildman–Crippen MR) is 80.6 cm³/mol. The minimum Gasteiger partial charge on any atom is -0.468 e. The van der Waals surface area contributed by atoms with Crippen LogP contribution in [0.2, 0.25) is 0 Å². The van der Waals surface area contributed by atoms with Crippen molar-refractivity contribution in [2.45, 2.75) is 25.9 Å². The molecule has 3 nitrogen and oxygen atoms in total. The zero-order chi connectivity index (χ0) is 13.8. The van der Waals surface area contributed by atoms with Crippen molar-refractivity contribution >= 4 is 0 Å². The highest BCUT2D eigenvalue weighted by Gasteiger charge is 2.15. The average Bonchev–Trinajstić information content (AvgIpc) is 2.79. The lowest BCUT2D eigenvalue weighted by Crippen LogP contribution is -2.26. The Morgan fingerprint density at radius 3 is 2.45 bits per heavy atom. The van der Waals surface area contributed by atoms with Crippen molar-refractivity contribution in [2.24, 2.45) is 0 Å². The summed E-state index contributed by atoms with van der Waals surface area (Å²) in [5.74, 6) is 1.06. The van der Waals surface area contributed by atoms with Gasteiger partial charge in [0, 0.05) is 25.2 Å². The molecule has 1 N–H and O–H groups in total. The van der Waals surface area contributed by atoms with Crippen LogP contribution in [-0.4, -0.2) is 25.0 Å². The molecule has 1 aliphatic heterocycles. The van der Waals surface area contributed by atoms with E-state index in [2.05, 4.69) is 40.5 Å². The number of fused-ring (bicyclic) bond motifs is 1. The molecule has 0 bridgehead atoms. The summed E-state index contributed by atoms with van der Waals surface area (Å²) < 4.78 is 5.55. The lowest BCUT2D eigenvalue weighted by atomic mass is 10.0. The van der Waals surface area contributed by atoms with Gasteiger partial charge in [-0.1, -0.05) is 24.3 Å². The van der Waals surface area contributed by atoms with E-state index in [9.17, 15) is 0 Å². The molecule has 0 amide bonds. The van der Waals surface area contributed by atoms with Crippen molar-refractivity contribution in [3.8, 4) is 0 Å². The SMILES string of the molecule is CNCc1occc1CN1CCc2ccccc2CC1. The molecule has 1 aromatic heterocycles. The van der Waals surface area contributed by atoms with Crippen LogP contribution in [0.15, 0.2) is 41.0 Å². The normalized spacial score (nSPS) is 15.8. The molecule has 0 saturated heterocycles. The Morgan fingerprint density at radius 2 is 1.80 bits per heavy atom. The molecule has 20 heavy (non-hydrogen) atoms. The molecule has 1 aromatic carbocycles. The minimum absolute atomic E-state index is 0.802. The van der Waals surface area contributed by atoms with E-state index in [4.69, 9.17) is 4.42 Å². The molecule has 0 aliphatic carbocycles. The van der Waals surface area contributed by atoms with Gasteiger partial charge in [0.05, 0.1) is 12.8 Å². The van der Waals surface area contributed by atoms with Gasteiger partial charge in [0.25, 0.3) is 0 Å². The fourth-order valence-corrected chi connectivity index (χ4v) is 2.94. The molecule has 0 unspecified atom stereocenters. The van der Waals surface area contributed by atoms with Crippen molar-refractivity contribution in [1.29, 1.82) is 0 Å². The fourth-order valence-electron chi connectivity index (χ4n) is 2.94. The van der Waals surface area contributed by atoms with Gasteiger partial charge in [-0.3, -0.25) is 4.90 Å². The van der Waals surface area contributed by atoms with Crippen LogP contribution in [0, 0.1) is 0 Å². The second-order valence-electron chi connectivity index (χ2n) is 5.44. The Bertz CT molecular complexity index is 535. The van der Waals surface area contributed by atoms with E-state index in [0.29, 0.717) is 0 Å². The van der Waals surface area contributed by atoms with Crippen molar-refractivity contribution < 1.29 is 4.42 Å². The number of hydrogen-bond donors (Lipinski definition) is 1. The Morgan fingerprint density at radius 1 is 1.10 bits per heavy atom. The van der Waals surface area contributed by atoms with Crippen LogP contribution in [0.5, 0.6) is 0 Å². The van der Waals surface area contributed by atoms with Gasteiger partial charge in [0.2, 0.25) is 0 Å². The average molecular weight is 270 g/mol. The van der Waals surface area contributed by atoms with Crippen LogP contribution in [0.1, 0.15) is 22.5 Å². The number of rotatable bonds is 4. The monoisotopic (exact) mass is 270 g/mol. The number of nitrogens with one attached hydrogen (secondary N) is 1. The van der Waals surface area contributed by atoms with Crippen LogP contribution in [0.4, 0.5) is 0 Å². The quantitative estimate of drug-likeness (QED) is 0.925. The standard InChI is InChI=1S/C17H22N2O/c1-18-12-17-16(8-11-20-17)13-19-9-6-14-4-2-3-5-15(14)7-10-19/h2-5,8,11,18H,6-7,9-10,12-13H2,1H3. The smallest absolute Gasteiger partial charge is 0.122 e. The Labute approximate surface area is 120 Å². The molecule has 2 aromatic rings. The Kier molecular flexibility index (Phi) is 4.19. The molecule has 106 valence electrons. The summed E-state index contributed by atoms with van der Waals surface area (Å²) in [6.45, 7) is 4.04. The molecule has 0 radical (unpaired) electrons. The van der Waals surface area contributed by atoms with Gasteiger partial charge >= 0.3 is 0 Å². The minimum atomic E-state index is 0.802. The first-order valence-corrected chi connectivity index (χ1v) is 7.36. The lowest BCUT2D eigenvalue weighted by Gasteiger charge is -2.19. The number of furan rings is 1. The van der Waals surface area contributed by atoms with E-state index in [1.54, 1.807) is 6.26 Å². The van der Waals surface area contributed by atoms with Crippen molar-refractivity contribution in [2.75, 3.05) is 20.1 Å². The third kappa shape index (κ3) is 2.94. The van der Waals surface area contributed by atoms with Crippen LogP contribution >= 0.6 is 0 Å². The molecule has 3 rings (SSSR count). The highest BCUT2D eigenvalue weighted by atomic mass is 16.3. The van der Waals surface area contributed by atoms with Crippen LogP contribution in [0.25, 0.3) is 0 Å². The molecule has 0 spiro atoms. The highest BCUT2D eigenvalue weighted by Crippen LogP contribution is 2.19. The van der Waals surface area contributed by atoms with Gasteiger partial charge < -0.3 is 9.73 Å². The van der Waals surface area contributed by atoms with Gasteiger partial charge in [-0.15, -0.1) is 0 Å². The summed E-state index contributed by atoms with van der Waals surface area (Å²) in [6, 6.07) is 10.9. The zero-order valence-corrected chi connectivity index (χ0v) is 12.1. The second-order valence-corrected chi connectivity index (χ2v) is 5.44. The summed E-state index contributed by atoms with van der Waals surface area (Å²) in [5.41, 5.74) is 4.33. The van der Waals surface area contributed by atoms with Gasteiger partial charge in [-0.2, -0.15) is 0 Å². The van der Waals surface area contributed by atoms with E-state index >= 15 is 0 Å². The van der Waals surface area contributed by atoms with Crippen molar-refractivity contribution in [3.05, 3.63) is 59.0 Å². The summed E-state index contributed by atoms with van der Waals surface area (Å²) in [5, 5.41) is 3.16. The number of nitrogens with zero attached hydrogens (tertiary/aromatic N) is 1. The van der Waals surface area contributed by atoms with Gasteiger partial charge in [0.1, 0.15) is 5.76 Å². The predicted octanol–water partition coefficient (Wildman–Crippen LogP) is 2.60. The highest BCUT2D eigenvalue weighted by molar-refractivity contribution is 5.28. The first kappa shape index (κ1) is 13.4. The molecule has 0 fully saturated rings. The van der Waals surface area contributed by atoms with E-state index in [1.165, 1.54) is 16.7 Å². The third-order valence-corrected chi connectivity index (χ3v) is 4.08.